The number of carbonyl (C=O) groups is 1. The highest BCUT2D eigenvalue weighted by Gasteiger charge is 2.27. The molecule has 1 saturated heterocycles. The molecule has 1 aliphatic heterocycles. The number of aromatic nitrogens is 1. The number of likely N-dealkylation sites (tertiary alicyclic amines) is 1. The van der Waals surface area contributed by atoms with Gasteiger partial charge in [0.05, 0.1) is 12.5 Å². The van der Waals surface area contributed by atoms with Crippen LogP contribution in [0.15, 0.2) is 42.7 Å². The zero-order valence-electron chi connectivity index (χ0n) is 14.5. The number of hydrogen-bond donors (Lipinski definition) is 1. The van der Waals surface area contributed by atoms with Crippen molar-refractivity contribution in [2.24, 2.45) is 5.92 Å². The average Bonchev–Trinajstić information content (AvgIpc) is 2.65. The molecule has 0 aliphatic carbocycles. The molecule has 2 aromatic rings. The number of benzene rings is 1. The predicted molar refractivity (Wildman–Crippen MR) is 96.0 cm³/mol. The van der Waals surface area contributed by atoms with E-state index in [1.807, 2.05) is 37.4 Å². The van der Waals surface area contributed by atoms with Gasteiger partial charge in [0.2, 0.25) is 0 Å². The minimum Gasteiger partial charge on any atom is -0.508 e. The Morgan fingerprint density at radius 3 is 3.00 bits per heavy atom. The van der Waals surface area contributed by atoms with E-state index in [9.17, 15) is 9.90 Å². The van der Waals surface area contributed by atoms with Crippen LogP contribution in [0.2, 0.25) is 0 Å². The first-order valence-electron chi connectivity index (χ1n) is 8.78. The van der Waals surface area contributed by atoms with Crippen LogP contribution in [-0.2, 0) is 16.1 Å². The number of phenolic OH excluding ortho intramolecular Hbond substituents is 1. The van der Waals surface area contributed by atoms with Crippen LogP contribution in [0.1, 0.15) is 25.3 Å². The van der Waals surface area contributed by atoms with E-state index in [1.165, 1.54) is 0 Å². The molecule has 25 heavy (non-hydrogen) atoms. The quantitative estimate of drug-likeness (QED) is 0.847. The van der Waals surface area contributed by atoms with Crippen LogP contribution in [-0.4, -0.2) is 40.7 Å². The lowest BCUT2D eigenvalue weighted by molar-refractivity contribution is -0.150. The maximum absolute atomic E-state index is 12.0. The van der Waals surface area contributed by atoms with Gasteiger partial charge in [0.25, 0.3) is 0 Å². The van der Waals surface area contributed by atoms with Crippen LogP contribution in [0.5, 0.6) is 5.75 Å². The van der Waals surface area contributed by atoms with E-state index < -0.39 is 0 Å². The molecule has 132 valence electrons. The first-order chi connectivity index (χ1) is 12.2. The van der Waals surface area contributed by atoms with E-state index in [-0.39, 0.29) is 17.6 Å². The van der Waals surface area contributed by atoms with Gasteiger partial charge >= 0.3 is 5.97 Å². The van der Waals surface area contributed by atoms with E-state index in [1.54, 1.807) is 12.3 Å². The van der Waals surface area contributed by atoms with Gasteiger partial charge in [0, 0.05) is 36.6 Å². The minimum atomic E-state index is -0.111. The standard InChI is InChI=1S/C20H24N2O3/c1-2-25-20(24)17-6-4-10-22(13-17)14-18-11-15(7-8-19(18)23)16-5-3-9-21-12-16/h3,5,7-9,11-12,17,23H,2,4,6,10,13-14H2,1H3. The lowest BCUT2D eigenvalue weighted by atomic mass is 9.97. The van der Waals surface area contributed by atoms with Crippen molar-refractivity contribution in [2.75, 3.05) is 19.7 Å². The lowest BCUT2D eigenvalue weighted by Crippen LogP contribution is -2.38. The Hall–Kier alpha value is -2.40. The third-order valence-corrected chi connectivity index (χ3v) is 4.59. The van der Waals surface area contributed by atoms with Crippen molar-refractivity contribution >= 4 is 5.97 Å². The fraction of sp³-hybridized carbons (Fsp3) is 0.400. The summed E-state index contributed by atoms with van der Waals surface area (Å²) in [4.78, 5) is 18.4. The van der Waals surface area contributed by atoms with Gasteiger partial charge < -0.3 is 9.84 Å². The van der Waals surface area contributed by atoms with E-state index in [0.717, 1.165) is 36.1 Å². The molecule has 1 aliphatic rings. The maximum atomic E-state index is 12.0. The molecular formula is C20H24N2O3. The highest BCUT2D eigenvalue weighted by molar-refractivity contribution is 5.72. The molecular weight excluding hydrogens is 316 g/mol. The first kappa shape index (κ1) is 17.4. The van der Waals surface area contributed by atoms with Crippen LogP contribution in [0.25, 0.3) is 11.1 Å². The number of carbonyl (C=O) groups excluding carboxylic acids is 1. The maximum Gasteiger partial charge on any atom is 0.310 e. The minimum absolute atomic E-state index is 0.0719. The monoisotopic (exact) mass is 340 g/mol. The van der Waals surface area contributed by atoms with Crippen molar-refractivity contribution in [1.29, 1.82) is 0 Å². The summed E-state index contributed by atoms with van der Waals surface area (Å²) in [5, 5.41) is 10.2. The third-order valence-electron chi connectivity index (χ3n) is 4.59. The molecule has 2 heterocycles. The van der Waals surface area contributed by atoms with Crippen molar-refractivity contribution in [3.05, 3.63) is 48.3 Å². The average molecular weight is 340 g/mol. The Morgan fingerprint density at radius 2 is 2.24 bits per heavy atom. The van der Waals surface area contributed by atoms with Gasteiger partial charge in [-0.3, -0.25) is 14.7 Å². The molecule has 0 amide bonds. The van der Waals surface area contributed by atoms with E-state index >= 15 is 0 Å². The number of hydrogen-bond acceptors (Lipinski definition) is 5. The molecule has 1 unspecified atom stereocenters. The van der Waals surface area contributed by atoms with Crippen LogP contribution in [0.4, 0.5) is 0 Å². The van der Waals surface area contributed by atoms with Gasteiger partial charge in [-0.05, 0) is 50.1 Å². The number of rotatable bonds is 5. The van der Waals surface area contributed by atoms with Crippen LogP contribution >= 0.6 is 0 Å². The van der Waals surface area contributed by atoms with Crippen molar-refractivity contribution in [2.45, 2.75) is 26.3 Å². The Balaban J connectivity index is 1.73. The summed E-state index contributed by atoms with van der Waals surface area (Å²) in [6, 6.07) is 9.52. The summed E-state index contributed by atoms with van der Waals surface area (Å²) in [5.74, 6) is 0.101. The molecule has 1 N–H and O–H groups in total. The molecule has 5 heteroatoms. The van der Waals surface area contributed by atoms with Crippen molar-refractivity contribution in [1.82, 2.24) is 9.88 Å². The number of aromatic hydroxyl groups is 1. The molecule has 3 rings (SSSR count). The molecule has 0 radical (unpaired) electrons. The van der Waals surface area contributed by atoms with Crippen LogP contribution in [0.3, 0.4) is 0 Å². The molecule has 0 bridgehead atoms. The molecule has 0 saturated carbocycles. The number of phenols is 1. The van der Waals surface area contributed by atoms with Gasteiger partial charge in [-0.15, -0.1) is 0 Å². The fourth-order valence-electron chi connectivity index (χ4n) is 3.32. The van der Waals surface area contributed by atoms with Crippen LogP contribution < -0.4 is 0 Å². The van der Waals surface area contributed by atoms with E-state index in [2.05, 4.69) is 9.88 Å². The molecule has 5 nitrogen and oxygen atoms in total. The third kappa shape index (κ3) is 4.37. The Bertz CT molecular complexity index is 718. The summed E-state index contributed by atoms with van der Waals surface area (Å²) >= 11 is 0. The highest BCUT2D eigenvalue weighted by Crippen LogP contribution is 2.28. The van der Waals surface area contributed by atoms with Crippen molar-refractivity contribution in [3.63, 3.8) is 0 Å². The van der Waals surface area contributed by atoms with E-state index in [0.29, 0.717) is 19.7 Å². The second-order valence-electron chi connectivity index (χ2n) is 6.41. The van der Waals surface area contributed by atoms with Gasteiger partial charge in [-0.2, -0.15) is 0 Å². The van der Waals surface area contributed by atoms with Crippen LogP contribution in [0, 0.1) is 5.92 Å². The fourth-order valence-corrected chi connectivity index (χ4v) is 3.32. The van der Waals surface area contributed by atoms with E-state index in [4.69, 9.17) is 4.74 Å². The number of ether oxygens (including phenoxy) is 1. The smallest absolute Gasteiger partial charge is 0.310 e. The zero-order valence-corrected chi connectivity index (χ0v) is 14.5. The Morgan fingerprint density at radius 1 is 1.36 bits per heavy atom. The van der Waals surface area contributed by atoms with Gasteiger partial charge in [-0.25, -0.2) is 0 Å². The van der Waals surface area contributed by atoms with Gasteiger partial charge in [0.1, 0.15) is 5.75 Å². The summed E-state index contributed by atoms with van der Waals surface area (Å²) in [7, 11) is 0. The SMILES string of the molecule is CCOC(=O)C1CCCN(Cc2cc(-c3cccnc3)ccc2O)C1. The largest absolute Gasteiger partial charge is 0.508 e. The molecule has 1 aromatic heterocycles. The Labute approximate surface area is 148 Å². The number of esters is 1. The number of nitrogens with zero attached hydrogens (tertiary/aromatic N) is 2. The summed E-state index contributed by atoms with van der Waals surface area (Å²) in [6.45, 7) is 4.47. The second kappa shape index (κ2) is 8.12. The topological polar surface area (TPSA) is 62.7 Å². The summed E-state index contributed by atoms with van der Waals surface area (Å²) in [6.07, 6.45) is 5.39. The number of piperidine rings is 1. The second-order valence-corrected chi connectivity index (χ2v) is 6.41. The first-order valence-corrected chi connectivity index (χ1v) is 8.78. The van der Waals surface area contributed by atoms with Gasteiger partial charge in [0.15, 0.2) is 0 Å². The van der Waals surface area contributed by atoms with Gasteiger partial charge in [-0.1, -0.05) is 12.1 Å². The highest BCUT2D eigenvalue weighted by atomic mass is 16.5. The molecule has 0 spiro atoms. The predicted octanol–water partition coefficient (Wildman–Crippen LogP) is 3.23. The molecule has 1 atom stereocenters. The summed E-state index contributed by atoms with van der Waals surface area (Å²) in [5.41, 5.74) is 2.91. The Kier molecular flexibility index (Phi) is 5.66. The number of pyridine rings is 1. The van der Waals surface area contributed by atoms with Crippen molar-refractivity contribution in [3.8, 4) is 16.9 Å². The normalized spacial score (nSPS) is 18.0. The van der Waals surface area contributed by atoms with Crippen molar-refractivity contribution < 1.29 is 14.6 Å². The molecule has 1 fully saturated rings. The molecule has 1 aromatic carbocycles. The zero-order chi connectivity index (χ0) is 17.6. The summed E-state index contributed by atoms with van der Waals surface area (Å²) < 4.78 is 5.16. The lowest BCUT2D eigenvalue weighted by Gasteiger charge is -2.31.